The van der Waals surface area contributed by atoms with Crippen LogP contribution in [0.5, 0.6) is 0 Å². The summed E-state index contributed by atoms with van der Waals surface area (Å²) in [6, 6.07) is 13.1. The molecule has 0 aliphatic carbocycles. The van der Waals surface area contributed by atoms with Crippen LogP contribution in [0, 0.1) is 19.7 Å². The maximum atomic E-state index is 14.5. The number of hydrogen-bond donors (Lipinski definition) is 0. The van der Waals surface area contributed by atoms with Crippen LogP contribution in [0.15, 0.2) is 52.8 Å². The number of amides is 1. The van der Waals surface area contributed by atoms with Crippen molar-refractivity contribution in [2.75, 3.05) is 13.1 Å². The minimum atomic E-state index is -0.239. The second-order valence-electron chi connectivity index (χ2n) is 7.77. The summed E-state index contributed by atoms with van der Waals surface area (Å²) in [6.45, 7) is 6.35. The Hall–Kier alpha value is -2.73. The molecule has 0 atom stereocenters. The van der Waals surface area contributed by atoms with Crippen LogP contribution in [-0.4, -0.2) is 28.5 Å². The molecule has 1 aromatic heterocycles. The fraction of sp³-hybridized carbons (Fsp3) is 0.333. The zero-order valence-corrected chi connectivity index (χ0v) is 18.2. The first-order chi connectivity index (χ1) is 14.5. The number of hydrogen-bond acceptors (Lipinski definition) is 3. The fourth-order valence-corrected chi connectivity index (χ4v) is 4.76. The van der Waals surface area contributed by atoms with E-state index < -0.39 is 0 Å². The van der Waals surface area contributed by atoms with Crippen molar-refractivity contribution in [1.29, 1.82) is 0 Å². The molecule has 4 nitrogen and oxygen atoms in total. The van der Waals surface area contributed by atoms with Crippen LogP contribution in [-0.2, 0) is 11.3 Å². The summed E-state index contributed by atoms with van der Waals surface area (Å²) >= 11 is 1.52. The standard InChI is InChI=1S/C24H26FN3OS/c1-17-10-11-18(2)21(15-17)26-24-28(14-6-13-27-12-5-9-23(27)29)22(16-30-24)19-7-3-4-8-20(19)25/h3-4,7-8,10-11,15-16H,5-6,9,12-14H2,1-2H3. The van der Waals surface area contributed by atoms with Crippen molar-refractivity contribution >= 4 is 22.9 Å². The molecule has 1 aliphatic rings. The van der Waals surface area contributed by atoms with Gasteiger partial charge in [-0.3, -0.25) is 4.79 Å². The van der Waals surface area contributed by atoms with Gasteiger partial charge in [0.1, 0.15) is 5.82 Å². The molecular formula is C24H26FN3OS. The first kappa shape index (κ1) is 20.5. The molecule has 0 spiro atoms. The molecule has 6 heteroatoms. The number of aryl methyl sites for hydroxylation is 2. The highest BCUT2D eigenvalue weighted by atomic mass is 32.1. The normalized spacial score (nSPS) is 14.7. The minimum Gasteiger partial charge on any atom is -0.343 e. The van der Waals surface area contributed by atoms with Gasteiger partial charge in [0.15, 0.2) is 4.80 Å². The predicted octanol–water partition coefficient (Wildman–Crippen LogP) is 5.22. The van der Waals surface area contributed by atoms with Crippen molar-refractivity contribution in [2.24, 2.45) is 4.99 Å². The lowest BCUT2D eigenvalue weighted by molar-refractivity contribution is -0.127. The van der Waals surface area contributed by atoms with E-state index >= 15 is 0 Å². The lowest BCUT2D eigenvalue weighted by atomic mass is 10.1. The summed E-state index contributed by atoms with van der Waals surface area (Å²) in [6.07, 6.45) is 2.40. The molecule has 1 aliphatic heterocycles. The Balaban J connectivity index is 1.71. The van der Waals surface area contributed by atoms with Crippen molar-refractivity contribution < 1.29 is 9.18 Å². The predicted molar refractivity (Wildman–Crippen MR) is 119 cm³/mol. The van der Waals surface area contributed by atoms with Gasteiger partial charge in [-0.25, -0.2) is 9.38 Å². The van der Waals surface area contributed by atoms with Gasteiger partial charge in [0.2, 0.25) is 5.91 Å². The Morgan fingerprint density at radius 1 is 1.13 bits per heavy atom. The molecule has 2 aromatic carbocycles. The molecule has 3 aromatic rings. The largest absolute Gasteiger partial charge is 0.343 e. The van der Waals surface area contributed by atoms with Gasteiger partial charge in [-0.05, 0) is 56.0 Å². The van der Waals surface area contributed by atoms with Crippen molar-refractivity contribution in [1.82, 2.24) is 9.47 Å². The molecule has 0 N–H and O–H groups in total. The molecule has 1 saturated heterocycles. The van der Waals surface area contributed by atoms with Gasteiger partial charge >= 0.3 is 0 Å². The van der Waals surface area contributed by atoms with E-state index in [4.69, 9.17) is 4.99 Å². The zero-order chi connectivity index (χ0) is 21.1. The molecular weight excluding hydrogens is 397 g/mol. The third kappa shape index (κ3) is 4.38. The van der Waals surface area contributed by atoms with Crippen molar-refractivity contribution in [3.63, 3.8) is 0 Å². The maximum absolute atomic E-state index is 14.5. The summed E-state index contributed by atoms with van der Waals surface area (Å²) in [7, 11) is 0. The Labute approximate surface area is 180 Å². The van der Waals surface area contributed by atoms with Crippen LogP contribution in [0.1, 0.15) is 30.4 Å². The van der Waals surface area contributed by atoms with E-state index in [0.29, 0.717) is 18.5 Å². The Morgan fingerprint density at radius 3 is 2.73 bits per heavy atom. The van der Waals surface area contributed by atoms with Crippen molar-refractivity contribution in [3.05, 3.63) is 69.6 Å². The molecule has 0 saturated carbocycles. The van der Waals surface area contributed by atoms with Gasteiger partial charge < -0.3 is 9.47 Å². The van der Waals surface area contributed by atoms with E-state index in [1.54, 1.807) is 12.1 Å². The van der Waals surface area contributed by atoms with E-state index in [-0.39, 0.29) is 11.7 Å². The first-order valence-corrected chi connectivity index (χ1v) is 11.2. The molecule has 1 fully saturated rings. The van der Waals surface area contributed by atoms with Crippen LogP contribution in [0.4, 0.5) is 10.1 Å². The summed E-state index contributed by atoms with van der Waals surface area (Å²) < 4.78 is 16.6. The third-order valence-electron chi connectivity index (χ3n) is 5.51. The molecule has 1 amide bonds. The van der Waals surface area contributed by atoms with Crippen LogP contribution >= 0.6 is 11.3 Å². The van der Waals surface area contributed by atoms with Crippen LogP contribution in [0.25, 0.3) is 11.3 Å². The quantitative estimate of drug-likeness (QED) is 0.536. The van der Waals surface area contributed by atoms with E-state index in [1.807, 2.05) is 23.3 Å². The Morgan fingerprint density at radius 2 is 1.97 bits per heavy atom. The van der Waals surface area contributed by atoms with Crippen LogP contribution in [0.3, 0.4) is 0 Å². The zero-order valence-electron chi connectivity index (χ0n) is 17.4. The number of benzene rings is 2. The monoisotopic (exact) mass is 423 g/mol. The second kappa shape index (κ2) is 8.96. The third-order valence-corrected chi connectivity index (χ3v) is 6.37. The number of aromatic nitrogens is 1. The second-order valence-corrected chi connectivity index (χ2v) is 8.61. The lowest BCUT2D eigenvalue weighted by Gasteiger charge is -2.16. The number of rotatable bonds is 6. The Bertz CT molecular complexity index is 1130. The highest BCUT2D eigenvalue weighted by molar-refractivity contribution is 7.07. The van der Waals surface area contributed by atoms with Gasteiger partial charge in [-0.2, -0.15) is 0 Å². The number of carbonyl (C=O) groups is 1. The fourth-order valence-electron chi connectivity index (χ4n) is 3.82. The summed E-state index contributed by atoms with van der Waals surface area (Å²) in [4.78, 5) is 19.6. The molecule has 156 valence electrons. The van der Waals surface area contributed by atoms with E-state index in [9.17, 15) is 9.18 Å². The Kier molecular flexibility index (Phi) is 6.13. The number of halogens is 1. The van der Waals surface area contributed by atoms with Crippen molar-refractivity contribution in [3.8, 4) is 11.3 Å². The van der Waals surface area contributed by atoms with Gasteiger partial charge in [0, 0.05) is 37.0 Å². The van der Waals surface area contributed by atoms with Gasteiger partial charge in [0.05, 0.1) is 11.4 Å². The van der Waals surface area contributed by atoms with E-state index in [2.05, 4.69) is 29.7 Å². The molecule has 0 radical (unpaired) electrons. The number of likely N-dealkylation sites (tertiary alicyclic amines) is 1. The van der Waals surface area contributed by atoms with E-state index in [1.165, 1.54) is 17.4 Å². The van der Waals surface area contributed by atoms with Crippen molar-refractivity contribution in [2.45, 2.75) is 39.7 Å². The lowest BCUT2D eigenvalue weighted by Crippen LogP contribution is -2.27. The average molecular weight is 424 g/mol. The highest BCUT2D eigenvalue weighted by Crippen LogP contribution is 2.25. The summed E-state index contributed by atoms with van der Waals surface area (Å²) in [5.41, 5.74) is 4.60. The molecule has 0 unspecified atom stereocenters. The topological polar surface area (TPSA) is 37.6 Å². The number of thiazole rings is 1. The maximum Gasteiger partial charge on any atom is 0.222 e. The van der Waals surface area contributed by atoms with Gasteiger partial charge in [-0.1, -0.05) is 24.3 Å². The first-order valence-electron chi connectivity index (χ1n) is 10.4. The average Bonchev–Trinajstić information content (AvgIpc) is 3.32. The summed E-state index contributed by atoms with van der Waals surface area (Å²) in [5, 5.41) is 1.98. The van der Waals surface area contributed by atoms with Crippen LogP contribution in [0.2, 0.25) is 0 Å². The number of carbonyl (C=O) groups excluding carboxylic acids is 1. The number of nitrogens with zero attached hydrogens (tertiary/aromatic N) is 3. The van der Waals surface area contributed by atoms with Crippen LogP contribution < -0.4 is 4.80 Å². The molecule has 4 rings (SSSR count). The minimum absolute atomic E-state index is 0.236. The molecule has 30 heavy (non-hydrogen) atoms. The molecule has 2 heterocycles. The highest BCUT2D eigenvalue weighted by Gasteiger charge is 2.19. The van der Waals surface area contributed by atoms with Gasteiger partial charge in [0.25, 0.3) is 0 Å². The smallest absolute Gasteiger partial charge is 0.222 e. The van der Waals surface area contributed by atoms with E-state index in [0.717, 1.165) is 53.2 Å². The van der Waals surface area contributed by atoms with Gasteiger partial charge in [-0.15, -0.1) is 11.3 Å². The summed E-state index contributed by atoms with van der Waals surface area (Å²) in [5.74, 6) is -0.00278. The molecule has 0 bridgehead atoms. The SMILES string of the molecule is Cc1ccc(C)c(N=c2scc(-c3ccccc3F)n2CCCN2CCCC2=O)c1.